The lowest BCUT2D eigenvalue weighted by molar-refractivity contribution is -0.121. The maximum atomic E-state index is 10.8. The van der Waals surface area contributed by atoms with Gasteiger partial charge in [0.15, 0.2) is 0 Å². The van der Waals surface area contributed by atoms with Gasteiger partial charge in [0.2, 0.25) is 5.91 Å². The van der Waals surface area contributed by atoms with Crippen molar-refractivity contribution in [3.63, 3.8) is 0 Å². The van der Waals surface area contributed by atoms with Crippen LogP contribution in [0.4, 0.5) is 0 Å². The van der Waals surface area contributed by atoms with Crippen molar-refractivity contribution in [3.05, 3.63) is 0 Å². The van der Waals surface area contributed by atoms with Gasteiger partial charge >= 0.3 is 0 Å². The molecule has 0 bridgehead atoms. The molecule has 0 saturated heterocycles. The van der Waals surface area contributed by atoms with Crippen LogP contribution in [0.1, 0.15) is 46.0 Å². The smallest absolute Gasteiger partial charge is 0.217 e. The largest absolute Gasteiger partial charge is 0.351 e. The van der Waals surface area contributed by atoms with Gasteiger partial charge < -0.3 is 5.32 Å². The lowest BCUT2D eigenvalue weighted by atomic mass is 9.83. The summed E-state index contributed by atoms with van der Waals surface area (Å²) in [6, 6.07) is 0. The third-order valence-electron chi connectivity index (χ3n) is 2.43. The Labute approximate surface area is 68.4 Å². The van der Waals surface area contributed by atoms with Gasteiger partial charge in [-0.3, -0.25) is 4.79 Å². The third kappa shape index (κ3) is 2.52. The van der Waals surface area contributed by atoms with Gasteiger partial charge in [0.1, 0.15) is 0 Å². The summed E-state index contributed by atoms with van der Waals surface area (Å²) in [5.41, 5.74) is 0.101. The highest BCUT2D eigenvalue weighted by atomic mass is 16.1. The highest BCUT2D eigenvalue weighted by Gasteiger charge is 2.26. The normalized spacial score (nSPS) is 22.7. The number of rotatable bonds is 1. The van der Waals surface area contributed by atoms with Crippen LogP contribution in [-0.2, 0) is 4.79 Å². The summed E-state index contributed by atoms with van der Waals surface area (Å²) in [6.45, 7) is 3.74. The van der Waals surface area contributed by atoms with Crippen LogP contribution in [0, 0.1) is 0 Å². The first-order chi connectivity index (χ1) is 5.12. The van der Waals surface area contributed by atoms with Gasteiger partial charge in [-0.1, -0.05) is 19.3 Å². The molecule has 1 rings (SSSR count). The van der Waals surface area contributed by atoms with E-state index in [4.69, 9.17) is 0 Å². The van der Waals surface area contributed by atoms with Crippen molar-refractivity contribution < 1.29 is 4.79 Å². The molecule has 1 aliphatic carbocycles. The zero-order chi connectivity index (χ0) is 8.32. The van der Waals surface area contributed by atoms with Gasteiger partial charge in [0.05, 0.1) is 0 Å². The molecule has 64 valence electrons. The van der Waals surface area contributed by atoms with Crippen LogP contribution in [0.3, 0.4) is 0 Å². The van der Waals surface area contributed by atoms with E-state index in [1.165, 1.54) is 19.3 Å². The molecular formula is C9H17NO. The monoisotopic (exact) mass is 155 g/mol. The minimum absolute atomic E-state index is 0.101. The number of nitrogens with one attached hydrogen (secondary N) is 1. The van der Waals surface area contributed by atoms with E-state index in [2.05, 4.69) is 12.2 Å². The van der Waals surface area contributed by atoms with Gasteiger partial charge in [-0.25, -0.2) is 0 Å². The molecule has 1 aliphatic rings. The van der Waals surface area contributed by atoms with Gasteiger partial charge in [0.25, 0.3) is 0 Å². The van der Waals surface area contributed by atoms with E-state index < -0.39 is 0 Å². The van der Waals surface area contributed by atoms with Crippen molar-refractivity contribution in [1.29, 1.82) is 0 Å². The number of hydrogen-bond donors (Lipinski definition) is 1. The fourth-order valence-corrected chi connectivity index (χ4v) is 1.88. The second kappa shape index (κ2) is 3.24. The van der Waals surface area contributed by atoms with Crippen LogP contribution >= 0.6 is 0 Å². The molecule has 11 heavy (non-hydrogen) atoms. The molecule has 0 aromatic rings. The second-order valence-electron chi connectivity index (χ2n) is 3.80. The SMILES string of the molecule is CC(=O)NC1(C)CCCCC1. The molecule has 1 N–H and O–H groups in total. The van der Waals surface area contributed by atoms with Gasteiger partial charge in [0, 0.05) is 12.5 Å². The van der Waals surface area contributed by atoms with E-state index in [1.54, 1.807) is 6.92 Å². The number of amides is 1. The van der Waals surface area contributed by atoms with Crippen molar-refractivity contribution in [3.8, 4) is 0 Å². The Balaban J connectivity index is 2.43. The maximum absolute atomic E-state index is 10.8. The summed E-state index contributed by atoms with van der Waals surface area (Å²) >= 11 is 0. The minimum Gasteiger partial charge on any atom is -0.351 e. The molecule has 0 aromatic carbocycles. The Morgan fingerprint density at radius 2 is 1.82 bits per heavy atom. The van der Waals surface area contributed by atoms with Crippen LogP contribution in [0.15, 0.2) is 0 Å². The molecule has 1 fully saturated rings. The zero-order valence-corrected chi connectivity index (χ0v) is 7.44. The van der Waals surface area contributed by atoms with Gasteiger partial charge in [-0.05, 0) is 19.8 Å². The van der Waals surface area contributed by atoms with Crippen LogP contribution < -0.4 is 5.32 Å². The van der Waals surface area contributed by atoms with Gasteiger partial charge in [-0.15, -0.1) is 0 Å². The van der Waals surface area contributed by atoms with Crippen molar-refractivity contribution in [2.24, 2.45) is 0 Å². The molecule has 0 unspecified atom stereocenters. The minimum atomic E-state index is 0.101. The zero-order valence-electron chi connectivity index (χ0n) is 7.44. The van der Waals surface area contributed by atoms with Crippen molar-refractivity contribution in [2.45, 2.75) is 51.5 Å². The van der Waals surface area contributed by atoms with Crippen LogP contribution in [0.5, 0.6) is 0 Å². The molecule has 2 heteroatoms. The molecule has 0 aliphatic heterocycles. The van der Waals surface area contributed by atoms with E-state index in [9.17, 15) is 4.79 Å². The Hall–Kier alpha value is -0.530. The van der Waals surface area contributed by atoms with Crippen LogP contribution in [0.25, 0.3) is 0 Å². The topological polar surface area (TPSA) is 29.1 Å². The fourth-order valence-electron chi connectivity index (χ4n) is 1.88. The first-order valence-corrected chi connectivity index (χ1v) is 4.41. The first-order valence-electron chi connectivity index (χ1n) is 4.41. The number of carbonyl (C=O) groups excluding carboxylic acids is 1. The Morgan fingerprint density at radius 1 is 1.27 bits per heavy atom. The standard InChI is InChI=1S/C9H17NO/c1-8(11)10-9(2)6-4-3-5-7-9/h3-7H2,1-2H3,(H,10,11). The maximum Gasteiger partial charge on any atom is 0.217 e. The lowest BCUT2D eigenvalue weighted by Gasteiger charge is -2.34. The molecule has 0 atom stereocenters. The lowest BCUT2D eigenvalue weighted by Crippen LogP contribution is -2.46. The molecule has 1 amide bonds. The summed E-state index contributed by atoms with van der Waals surface area (Å²) in [7, 11) is 0. The van der Waals surface area contributed by atoms with Crippen LogP contribution in [-0.4, -0.2) is 11.4 Å². The summed E-state index contributed by atoms with van der Waals surface area (Å²) in [6.07, 6.45) is 6.14. The fraction of sp³-hybridized carbons (Fsp3) is 0.889. The highest BCUT2D eigenvalue weighted by molar-refractivity contribution is 5.73. The third-order valence-corrected chi connectivity index (χ3v) is 2.43. The number of carbonyl (C=O) groups is 1. The molecule has 0 radical (unpaired) electrons. The van der Waals surface area contributed by atoms with E-state index in [-0.39, 0.29) is 11.4 Å². The van der Waals surface area contributed by atoms with E-state index in [0.29, 0.717) is 0 Å². The summed E-state index contributed by atoms with van der Waals surface area (Å²) in [5, 5.41) is 3.02. The summed E-state index contributed by atoms with van der Waals surface area (Å²) in [4.78, 5) is 10.8. The first kappa shape index (κ1) is 8.57. The molecule has 0 aromatic heterocycles. The Kier molecular flexibility index (Phi) is 2.53. The van der Waals surface area contributed by atoms with E-state index in [0.717, 1.165) is 12.8 Å². The molecule has 1 saturated carbocycles. The highest BCUT2D eigenvalue weighted by Crippen LogP contribution is 2.27. The Morgan fingerprint density at radius 3 is 2.27 bits per heavy atom. The van der Waals surface area contributed by atoms with Crippen LogP contribution in [0.2, 0.25) is 0 Å². The molecule has 0 spiro atoms. The van der Waals surface area contributed by atoms with Crippen molar-refractivity contribution >= 4 is 5.91 Å². The molecule has 2 nitrogen and oxygen atoms in total. The van der Waals surface area contributed by atoms with E-state index >= 15 is 0 Å². The second-order valence-corrected chi connectivity index (χ2v) is 3.80. The van der Waals surface area contributed by atoms with E-state index in [1.807, 2.05) is 0 Å². The predicted molar refractivity (Wildman–Crippen MR) is 45.3 cm³/mol. The van der Waals surface area contributed by atoms with Gasteiger partial charge in [-0.2, -0.15) is 0 Å². The average molecular weight is 155 g/mol. The summed E-state index contributed by atoms with van der Waals surface area (Å²) < 4.78 is 0. The quantitative estimate of drug-likeness (QED) is 0.615. The predicted octanol–water partition coefficient (Wildman–Crippen LogP) is 1.85. The Bertz CT molecular complexity index is 148. The van der Waals surface area contributed by atoms with Crippen molar-refractivity contribution in [1.82, 2.24) is 5.32 Å². The number of hydrogen-bond acceptors (Lipinski definition) is 1. The summed E-state index contributed by atoms with van der Waals surface area (Å²) in [5.74, 6) is 0.106. The molecular weight excluding hydrogens is 138 g/mol. The average Bonchev–Trinajstić information content (AvgIpc) is 1.85. The molecule has 0 heterocycles. The van der Waals surface area contributed by atoms with Crippen molar-refractivity contribution in [2.75, 3.05) is 0 Å².